The molecule has 1 heterocycles. The Labute approximate surface area is 164 Å². The van der Waals surface area contributed by atoms with Gasteiger partial charge in [0, 0.05) is 6.42 Å². The third-order valence-corrected chi connectivity index (χ3v) is 5.57. The van der Waals surface area contributed by atoms with Crippen molar-refractivity contribution in [3.8, 4) is 0 Å². The van der Waals surface area contributed by atoms with Gasteiger partial charge in [-0.25, -0.2) is 9.13 Å². The lowest BCUT2D eigenvalue weighted by atomic mass is 10.1. The van der Waals surface area contributed by atoms with Crippen LogP contribution in [0.5, 0.6) is 0 Å². The molecule has 0 bridgehead atoms. The van der Waals surface area contributed by atoms with Crippen LogP contribution in [0.3, 0.4) is 0 Å². The molecule has 0 spiro atoms. The zero-order valence-corrected chi connectivity index (χ0v) is 18.3. The third kappa shape index (κ3) is 10.4. The minimum absolute atomic E-state index is 1.20. The smallest absolute Gasteiger partial charge is 0.234 e. The third-order valence-electron chi connectivity index (χ3n) is 5.57. The minimum Gasteiger partial charge on any atom is -0.234 e. The first-order valence-electron chi connectivity index (χ1n) is 11.9. The van der Waals surface area contributed by atoms with Crippen molar-refractivity contribution in [2.24, 2.45) is 0 Å². The first kappa shape index (κ1) is 23.2. The fraction of sp³-hybridized carbons (Fsp3) is 0.875. The van der Waals surface area contributed by atoms with Crippen molar-refractivity contribution in [2.75, 3.05) is 0 Å². The van der Waals surface area contributed by atoms with Gasteiger partial charge in [-0.05, 0) is 32.1 Å². The first-order valence-corrected chi connectivity index (χ1v) is 11.9. The van der Waals surface area contributed by atoms with E-state index in [0.29, 0.717) is 0 Å². The Kier molecular flexibility index (Phi) is 14.7. The predicted molar refractivity (Wildman–Crippen MR) is 115 cm³/mol. The molecule has 1 aromatic rings. The van der Waals surface area contributed by atoms with E-state index in [1.807, 2.05) is 0 Å². The van der Waals surface area contributed by atoms with E-state index in [0.717, 1.165) is 0 Å². The van der Waals surface area contributed by atoms with Crippen LogP contribution in [0.25, 0.3) is 0 Å². The highest BCUT2D eigenvalue weighted by atomic mass is 15.1. The molecule has 0 unspecified atom stereocenters. The molecule has 2 heteroatoms. The van der Waals surface area contributed by atoms with E-state index in [2.05, 4.69) is 42.3 Å². The second-order valence-electron chi connectivity index (χ2n) is 8.09. The second-order valence-corrected chi connectivity index (χ2v) is 8.09. The predicted octanol–water partition coefficient (Wildman–Crippen LogP) is 7.23. The van der Waals surface area contributed by atoms with Crippen molar-refractivity contribution in [1.29, 1.82) is 0 Å². The van der Waals surface area contributed by atoms with E-state index in [9.17, 15) is 0 Å². The summed E-state index contributed by atoms with van der Waals surface area (Å²) < 4.78 is 5.04. The van der Waals surface area contributed by atoms with Gasteiger partial charge >= 0.3 is 0 Å². The Morgan fingerprint density at radius 3 is 1.77 bits per heavy atom. The molecule has 0 fully saturated rings. The summed E-state index contributed by atoms with van der Waals surface area (Å²) in [6, 6.07) is 0. The molecule has 26 heavy (non-hydrogen) atoms. The molecule has 2 nitrogen and oxygen atoms in total. The summed E-state index contributed by atoms with van der Waals surface area (Å²) in [5.74, 6) is 1.55. The van der Waals surface area contributed by atoms with Crippen LogP contribution in [0.4, 0.5) is 0 Å². The van der Waals surface area contributed by atoms with Crippen LogP contribution >= 0.6 is 0 Å². The summed E-state index contributed by atoms with van der Waals surface area (Å²) in [6.45, 7) is 9.30. The normalized spacial score (nSPS) is 11.3. The number of hydrogen-bond acceptors (Lipinski definition) is 0. The lowest BCUT2D eigenvalue weighted by molar-refractivity contribution is -0.704. The van der Waals surface area contributed by atoms with Crippen molar-refractivity contribution in [3.05, 3.63) is 18.2 Å². The van der Waals surface area contributed by atoms with Crippen LogP contribution in [0.2, 0.25) is 0 Å². The maximum atomic E-state index is 2.53. The van der Waals surface area contributed by atoms with E-state index in [4.69, 9.17) is 0 Å². The fourth-order valence-corrected chi connectivity index (χ4v) is 3.89. The minimum atomic E-state index is 1.20. The van der Waals surface area contributed by atoms with Gasteiger partial charge in [-0.1, -0.05) is 85.0 Å². The number of rotatable bonds is 18. The quantitative estimate of drug-likeness (QED) is 0.192. The Morgan fingerprint density at radius 1 is 0.654 bits per heavy atom. The van der Waals surface area contributed by atoms with Gasteiger partial charge in [0.1, 0.15) is 12.4 Å². The number of nitrogens with zero attached hydrogens (tertiary/aromatic N) is 2. The maximum Gasteiger partial charge on any atom is 0.256 e. The number of imidazole rings is 1. The largest absolute Gasteiger partial charge is 0.256 e. The van der Waals surface area contributed by atoms with Crippen molar-refractivity contribution >= 4 is 0 Å². The summed E-state index contributed by atoms with van der Waals surface area (Å²) in [5, 5.41) is 0. The van der Waals surface area contributed by atoms with Crippen molar-refractivity contribution < 1.29 is 4.57 Å². The topological polar surface area (TPSA) is 8.81 Å². The van der Waals surface area contributed by atoms with E-state index < -0.39 is 0 Å². The SMILES string of the molecule is CCCCCCCCCCCCCn1cc[n+](CCCCC)c1CCC. The highest BCUT2D eigenvalue weighted by molar-refractivity contribution is 4.84. The van der Waals surface area contributed by atoms with Crippen LogP contribution in [-0.2, 0) is 19.5 Å². The highest BCUT2D eigenvalue weighted by Gasteiger charge is 2.15. The van der Waals surface area contributed by atoms with Crippen molar-refractivity contribution in [1.82, 2.24) is 4.57 Å². The van der Waals surface area contributed by atoms with Gasteiger partial charge < -0.3 is 0 Å². The van der Waals surface area contributed by atoms with Crippen LogP contribution in [0.15, 0.2) is 12.4 Å². The number of hydrogen-bond donors (Lipinski definition) is 0. The molecule has 1 rings (SSSR count). The summed E-state index contributed by atoms with van der Waals surface area (Å²) >= 11 is 0. The molecule has 0 aliphatic carbocycles. The maximum absolute atomic E-state index is 2.53. The van der Waals surface area contributed by atoms with Gasteiger partial charge in [0.05, 0.1) is 13.1 Å². The van der Waals surface area contributed by atoms with Crippen LogP contribution < -0.4 is 4.57 Å². The number of aryl methyl sites for hydroxylation is 2. The molecular weight excluding hydrogens is 316 g/mol. The molecule has 0 amide bonds. The van der Waals surface area contributed by atoms with Gasteiger partial charge in [-0.2, -0.15) is 0 Å². The number of aromatic nitrogens is 2. The standard InChI is InChI=1S/C24H47N2/c1-4-7-9-10-11-12-13-14-15-16-18-21-26-23-22-25(20-17-8-5-2)24(26)19-6-3/h22-23H,4-21H2,1-3H3/q+1. The molecular formula is C24H47N2+. The lowest BCUT2D eigenvalue weighted by Gasteiger charge is -2.05. The van der Waals surface area contributed by atoms with E-state index in [-0.39, 0.29) is 0 Å². The molecule has 0 saturated heterocycles. The molecule has 152 valence electrons. The van der Waals surface area contributed by atoms with E-state index in [1.54, 1.807) is 5.82 Å². The monoisotopic (exact) mass is 363 g/mol. The summed E-state index contributed by atoms with van der Waals surface area (Å²) in [4.78, 5) is 0. The molecule has 1 aromatic heterocycles. The number of unbranched alkanes of at least 4 members (excludes halogenated alkanes) is 12. The zero-order chi connectivity index (χ0) is 18.9. The Bertz CT molecular complexity index is 422. The Morgan fingerprint density at radius 2 is 1.19 bits per heavy atom. The Hall–Kier alpha value is -0.790. The second kappa shape index (κ2) is 16.4. The van der Waals surface area contributed by atoms with Crippen LogP contribution in [0.1, 0.15) is 123 Å². The van der Waals surface area contributed by atoms with Crippen molar-refractivity contribution in [2.45, 2.75) is 137 Å². The van der Waals surface area contributed by atoms with E-state index >= 15 is 0 Å². The van der Waals surface area contributed by atoms with Gasteiger partial charge in [-0.15, -0.1) is 0 Å². The summed E-state index contributed by atoms with van der Waals surface area (Å²) in [5.41, 5.74) is 0. The van der Waals surface area contributed by atoms with Gasteiger partial charge in [0.15, 0.2) is 0 Å². The fourth-order valence-electron chi connectivity index (χ4n) is 3.89. The average Bonchev–Trinajstić information content (AvgIpc) is 3.02. The van der Waals surface area contributed by atoms with Gasteiger partial charge in [0.2, 0.25) is 0 Å². The summed E-state index contributed by atoms with van der Waals surface area (Å²) in [6.07, 6.45) is 26.8. The molecule has 0 N–H and O–H groups in total. The average molecular weight is 364 g/mol. The van der Waals surface area contributed by atoms with Crippen molar-refractivity contribution in [3.63, 3.8) is 0 Å². The molecule has 0 radical (unpaired) electrons. The molecule has 0 saturated carbocycles. The van der Waals surface area contributed by atoms with E-state index in [1.165, 1.54) is 116 Å². The first-order chi connectivity index (χ1) is 12.8. The highest BCUT2D eigenvalue weighted by Crippen LogP contribution is 2.12. The molecule has 0 atom stereocenters. The Balaban J connectivity index is 2.14. The molecule has 0 aliphatic heterocycles. The van der Waals surface area contributed by atoms with Gasteiger partial charge in [0.25, 0.3) is 5.82 Å². The molecule has 0 aromatic carbocycles. The lowest BCUT2D eigenvalue weighted by Crippen LogP contribution is -2.37. The zero-order valence-electron chi connectivity index (χ0n) is 18.3. The van der Waals surface area contributed by atoms with Crippen LogP contribution in [0, 0.1) is 0 Å². The summed E-state index contributed by atoms with van der Waals surface area (Å²) in [7, 11) is 0. The molecule has 0 aliphatic rings. The van der Waals surface area contributed by atoms with Crippen LogP contribution in [-0.4, -0.2) is 4.57 Å². The van der Waals surface area contributed by atoms with Gasteiger partial charge in [-0.3, -0.25) is 0 Å².